The lowest BCUT2D eigenvalue weighted by atomic mass is 10.0. The van der Waals surface area contributed by atoms with Gasteiger partial charge in [-0.15, -0.1) is 11.3 Å². The van der Waals surface area contributed by atoms with E-state index in [1.807, 2.05) is 26.0 Å². The summed E-state index contributed by atoms with van der Waals surface area (Å²) in [6.45, 7) is 9.87. The van der Waals surface area contributed by atoms with Crippen molar-refractivity contribution in [3.63, 3.8) is 0 Å². The maximum Gasteiger partial charge on any atom is 0.268 e. The molecule has 2 aromatic heterocycles. The van der Waals surface area contributed by atoms with Crippen LogP contribution in [0.4, 0.5) is 0 Å². The molecule has 3 N–H and O–H groups in total. The Labute approximate surface area is 204 Å². The maximum atomic E-state index is 11.1. The topological polar surface area (TPSA) is 118 Å². The third-order valence-electron chi connectivity index (χ3n) is 5.48. The number of nitrogens with one attached hydrogen (secondary N) is 1. The van der Waals surface area contributed by atoms with Gasteiger partial charge in [-0.3, -0.25) is 4.79 Å². The van der Waals surface area contributed by atoms with Crippen molar-refractivity contribution in [2.75, 3.05) is 19.8 Å². The number of hydrogen-bond donors (Lipinski definition) is 3. The van der Waals surface area contributed by atoms with Gasteiger partial charge in [0.25, 0.3) is 5.89 Å². The molecule has 2 heterocycles. The van der Waals surface area contributed by atoms with Crippen LogP contribution in [0.5, 0.6) is 5.75 Å². The molecule has 0 aliphatic rings. The van der Waals surface area contributed by atoms with E-state index in [0.29, 0.717) is 29.8 Å². The summed E-state index contributed by atoms with van der Waals surface area (Å²) in [5.74, 6) is 1.77. The molecule has 3 aromatic rings. The van der Waals surface area contributed by atoms with Gasteiger partial charge in [0.1, 0.15) is 25.1 Å². The van der Waals surface area contributed by atoms with Crippen molar-refractivity contribution in [1.29, 1.82) is 0 Å². The molecule has 0 fully saturated rings. The van der Waals surface area contributed by atoms with Gasteiger partial charge in [0.2, 0.25) is 11.7 Å². The smallest absolute Gasteiger partial charge is 0.268 e. The van der Waals surface area contributed by atoms with E-state index in [9.17, 15) is 9.90 Å². The average molecular weight is 488 g/mol. The Balaban J connectivity index is 1.77. The molecule has 0 bridgehead atoms. The van der Waals surface area contributed by atoms with Crippen LogP contribution in [0.25, 0.3) is 22.2 Å². The van der Waals surface area contributed by atoms with Crippen molar-refractivity contribution in [3.05, 3.63) is 39.8 Å². The van der Waals surface area contributed by atoms with Crippen molar-refractivity contribution >= 4 is 17.2 Å². The van der Waals surface area contributed by atoms with Crippen molar-refractivity contribution in [2.24, 2.45) is 5.92 Å². The Kier molecular flexibility index (Phi) is 8.82. The lowest BCUT2D eigenvalue weighted by Gasteiger charge is -2.17. The standard InChI is InChI=1S/C25H33N3O5S/c1-6-17-9-18(8-15(4)22(17)32-12-20(30)10-26-21(31)11-29)24-27-25(33-28-24)23-16(5)19(13-34-23)7-14(2)3/h8-9,13-14,20,29-30H,6-7,10-12H2,1-5H3,(H,26,31). The predicted molar refractivity (Wildman–Crippen MR) is 132 cm³/mol. The number of amides is 1. The Hall–Kier alpha value is -2.75. The van der Waals surface area contributed by atoms with E-state index >= 15 is 0 Å². The highest BCUT2D eigenvalue weighted by Gasteiger charge is 2.19. The van der Waals surface area contributed by atoms with Crippen LogP contribution < -0.4 is 10.1 Å². The molecule has 8 nitrogen and oxygen atoms in total. The maximum absolute atomic E-state index is 11.1. The van der Waals surface area contributed by atoms with Crippen LogP contribution in [0.2, 0.25) is 0 Å². The molecule has 1 atom stereocenters. The first-order chi connectivity index (χ1) is 16.2. The van der Waals surface area contributed by atoms with Crippen LogP contribution in [0.15, 0.2) is 22.0 Å². The number of aliphatic hydroxyl groups is 2. The van der Waals surface area contributed by atoms with Crippen molar-refractivity contribution < 1.29 is 24.3 Å². The minimum absolute atomic E-state index is 0.00460. The first kappa shape index (κ1) is 25.9. The number of aliphatic hydroxyl groups excluding tert-OH is 2. The number of ether oxygens (including phenoxy) is 1. The van der Waals surface area contributed by atoms with Gasteiger partial charge in [-0.05, 0) is 72.4 Å². The van der Waals surface area contributed by atoms with E-state index in [-0.39, 0.29) is 13.2 Å². The van der Waals surface area contributed by atoms with E-state index in [1.165, 1.54) is 11.1 Å². The molecule has 0 aliphatic heterocycles. The lowest BCUT2D eigenvalue weighted by Crippen LogP contribution is -2.36. The van der Waals surface area contributed by atoms with Gasteiger partial charge in [0.05, 0.1) is 4.88 Å². The zero-order chi connectivity index (χ0) is 24.8. The minimum atomic E-state index is -0.895. The second kappa shape index (κ2) is 11.6. The molecule has 0 saturated heterocycles. The number of nitrogens with zero attached hydrogens (tertiary/aromatic N) is 2. The van der Waals surface area contributed by atoms with Gasteiger partial charge in [-0.1, -0.05) is 25.9 Å². The number of carbonyl (C=O) groups excluding carboxylic acids is 1. The summed E-state index contributed by atoms with van der Waals surface area (Å²) >= 11 is 1.63. The van der Waals surface area contributed by atoms with E-state index < -0.39 is 18.6 Å². The molecular weight excluding hydrogens is 454 g/mol. The molecule has 0 aliphatic carbocycles. The second-order valence-electron chi connectivity index (χ2n) is 8.80. The Morgan fingerprint density at radius 3 is 2.71 bits per heavy atom. The number of aryl methyl sites for hydroxylation is 2. The number of thiophene rings is 1. The summed E-state index contributed by atoms with van der Waals surface area (Å²) in [6.07, 6.45) is 0.842. The summed E-state index contributed by atoms with van der Waals surface area (Å²) in [5, 5.41) is 27.6. The van der Waals surface area contributed by atoms with Crippen molar-refractivity contribution in [1.82, 2.24) is 15.5 Å². The van der Waals surface area contributed by atoms with Crippen LogP contribution in [0.3, 0.4) is 0 Å². The zero-order valence-electron chi connectivity index (χ0n) is 20.3. The third kappa shape index (κ3) is 6.22. The first-order valence-corrected chi connectivity index (χ1v) is 12.3. The molecule has 1 amide bonds. The van der Waals surface area contributed by atoms with Gasteiger partial charge in [0, 0.05) is 12.1 Å². The Morgan fingerprint density at radius 1 is 1.26 bits per heavy atom. The highest BCUT2D eigenvalue weighted by Crippen LogP contribution is 2.35. The summed E-state index contributed by atoms with van der Waals surface area (Å²) in [6, 6.07) is 3.91. The molecule has 1 unspecified atom stereocenters. The number of benzene rings is 1. The van der Waals surface area contributed by atoms with Gasteiger partial charge in [-0.2, -0.15) is 4.98 Å². The van der Waals surface area contributed by atoms with Gasteiger partial charge in [-0.25, -0.2) is 0 Å². The molecular formula is C25H33N3O5S. The van der Waals surface area contributed by atoms with Gasteiger partial charge >= 0.3 is 0 Å². The van der Waals surface area contributed by atoms with Crippen LogP contribution >= 0.6 is 11.3 Å². The zero-order valence-corrected chi connectivity index (χ0v) is 21.2. The van der Waals surface area contributed by atoms with E-state index in [0.717, 1.165) is 28.0 Å². The monoisotopic (exact) mass is 487 g/mol. The number of hydrogen-bond acceptors (Lipinski definition) is 8. The fraction of sp³-hybridized carbons (Fsp3) is 0.480. The normalized spacial score (nSPS) is 12.2. The largest absolute Gasteiger partial charge is 0.490 e. The predicted octanol–water partition coefficient (Wildman–Crippen LogP) is 3.69. The Morgan fingerprint density at radius 2 is 2.03 bits per heavy atom. The van der Waals surface area contributed by atoms with E-state index in [4.69, 9.17) is 14.4 Å². The van der Waals surface area contributed by atoms with Gasteiger partial charge in [0.15, 0.2) is 0 Å². The minimum Gasteiger partial charge on any atom is -0.490 e. The first-order valence-electron chi connectivity index (χ1n) is 11.5. The van der Waals surface area contributed by atoms with Crippen LogP contribution in [0.1, 0.15) is 43.0 Å². The lowest BCUT2D eigenvalue weighted by molar-refractivity contribution is -0.124. The number of aromatic nitrogens is 2. The summed E-state index contributed by atoms with van der Waals surface area (Å²) in [4.78, 5) is 16.8. The van der Waals surface area contributed by atoms with E-state index in [2.05, 4.69) is 41.6 Å². The summed E-state index contributed by atoms with van der Waals surface area (Å²) < 4.78 is 11.5. The highest BCUT2D eigenvalue weighted by atomic mass is 32.1. The fourth-order valence-electron chi connectivity index (χ4n) is 3.71. The second-order valence-corrected chi connectivity index (χ2v) is 9.68. The number of rotatable bonds is 11. The van der Waals surface area contributed by atoms with Crippen molar-refractivity contribution in [2.45, 2.75) is 53.6 Å². The number of carbonyl (C=O) groups is 1. The highest BCUT2D eigenvalue weighted by molar-refractivity contribution is 7.13. The molecule has 184 valence electrons. The molecule has 0 spiro atoms. The van der Waals surface area contributed by atoms with Crippen LogP contribution in [-0.2, 0) is 17.6 Å². The van der Waals surface area contributed by atoms with Crippen LogP contribution in [0, 0.1) is 19.8 Å². The Bertz CT molecular complexity index is 1120. The SMILES string of the molecule is CCc1cc(-c2noc(-c3scc(CC(C)C)c3C)n2)cc(C)c1OCC(O)CNC(=O)CO. The summed E-state index contributed by atoms with van der Waals surface area (Å²) in [5.41, 5.74) is 5.19. The fourth-order valence-corrected chi connectivity index (χ4v) is 4.73. The quantitative estimate of drug-likeness (QED) is 0.377. The third-order valence-corrected chi connectivity index (χ3v) is 6.60. The molecule has 0 saturated carbocycles. The average Bonchev–Trinajstić information content (AvgIpc) is 3.43. The van der Waals surface area contributed by atoms with Gasteiger partial charge < -0.3 is 24.8 Å². The molecule has 9 heteroatoms. The van der Waals surface area contributed by atoms with Crippen molar-refractivity contribution in [3.8, 4) is 27.9 Å². The molecule has 1 aromatic carbocycles. The molecule has 3 rings (SSSR count). The molecule has 34 heavy (non-hydrogen) atoms. The van der Waals surface area contributed by atoms with E-state index in [1.54, 1.807) is 11.3 Å². The van der Waals surface area contributed by atoms with Crippen LogP contribution in [-0.4, -0.2) is 52.1 Å². The summed E-state index contributed by atoms with van der Waals surface area (Å²) in [7, 11) is 0. The molecule has 0 radical (unpaired) electrons.